The fourth-order valence-corrected chi connectivity index (χ4v) is 3.12. The molecule has 0 atom stereocenters. The number of piperazine rings is 1. The molecule has 1 aliphatic carbocycles. The molecule has 18 heavy (non-hydrogen) atoms. The molecule has 0 spiro atoms. The largest absolute Gasteiger partial charge is 0.325 e. The van der Waals surface area contributed by atoms with Gasteiger partial charge >= 0.3 is 6.03 Å². The number of piperidine rings is 1. The highest BCUT2D eigenvalue weighted by molar-refractivity contribution is 5.74. The Morgan fingerprint density at radius 2 is 1.39 bits per heavy atom. The third-order valence-electron chi connectivity index (χ3n) is 4.70. The molecule has 2 heterocycles. The van der Waals surface area contributed by atoms with Crippen molar-refractivity contribution in [2.45, 2.75) is 38.6 Å². The summed E-state index contributed by atoms with van der Waals surface area (Å²) >= 11 is 0. The number of carbonyl (C=O) groups is 1. The van der Waals surface area contributed by atoms with Crippen molar-refractivity contribution in [1.82, 2.24) is 14.7 Å². The second kappa shape index (κ2) is 5.08. The Kier molecular flexibility index (Phi) is 3.46. The van der Waals surface area contributed by atoms with Crippen molar-refractivity contribution < 1.29 is 4.79 Å². The van der Waals surface area contributed by atoms with E-state index in [1.807, 2.05) is 0 Å². The van der Waals surface area contributed by atoms with E-state index in [4.69, 9.17) is 0 Å². The predicted octanol–water partition coefficient (Wildman–Crippen LogP) is 1.62. The summed E-state index contributed by atoms with van der Waals surface area (Å²) in [6, 6.07) is 1.13. The average molecular weight is 251 g/mol. The minimum atomic E-state index is 0.289. The molecule has 2 amide bonds. The normalized spacial score (nSPS) is 27.6. The summed E-state index contributed by atoms with van der Waals surface area (Å²) in [6.07, 6.45) is 5.09. The molecule has 4 nitrogen and oxygen atoms in total. The van der Waals surface area contributed by atoms with E-state index in [-0.39, 0.29) is 6.03 Å². The van der Waals surface area contributed by atoms with Gasteiger partial charge in [-0.25, -0.2) is 4.79 Å². The molecule has 3 rings (SSSR count). The molecule has 0 aromatic heterocycles. The predicted molar refractivity (Wildman–Crippen MR) is 71.5 cm³/mol. The molecular weight excluding hydrogens is 226 g/mol. The Balaban J connectivity index is 1.48. The van der Waals surface area contributed by atoms with Crippen molar-refractivity contribution >= 4 is 6.03 Å². The highest BCUT2D eigenvalue weighted by Crippen LogP contribution is 2.27. The first-order valence-corrected chi connectivity index (χ1v) is 7.52. The molecule has 0 radical (unpaired) electrons. The van der Waals surface area contributed by atoms with Crippen LogP contribution in [0.3, 0.4) is 0 Å². The van der Waals surface area contributed by atoms with Crippen LogP contribution < -0.4 is 0 Å². The van der Waals surface area contributed by atoms with Gasteiger partial charge < -0.3 is 9.80 Å². The van der Waals surface area contributed by atoms with Gasteiger partial charge in [-0.1, -0.05) is 6.92 Å². The first kappa shape index (κ1) is 12.3. The zero-order valence-electron chi connectivity index (χ0n) is 11.5. The second-order valence-corrected chi connectivity index (χ2v) is 6.21. The molecule has 1 saturated carbocycles. The number of likely N-dealkylation sites (tertiary alicyclic amines) is 1. The van der Waals surface area contributed by atoms with E-state index in [9.17, 15) is 4.79 Å². The number of hydrogen-bond donors (Lipinski definition) is 0. The maximum Gasteiger partial charge on any atom is 0.320 e. The van der Waals surface area contributed by atoms with Crippen LogP contribution >= 0.6 is 0 Å². The van der Waals surface area contributed by atoms with Gasteiger partial charge in [-0.05, 0) is 31.6 Å². The zero-order valence-corrected chi connectivity index (χ0v) is 11.5. The Labute approximate surface area is 110 Å². The lowest BCUT2D eigenvalue weighted by molar-refractivity contribution is 0.0997. The van der Waals surface area contributed by atoms with Crippen LogP contribution in [0.25, 0.3) is 0 Å². The van der Waals surface area contributed by atoms with Gasteiger partial charge in [0.05, 0.1) is 0 Å². The summed E-state index contributed by atoms with van der Waals surface area (Å²) in [7, 11) is 0. The van der Waals surface area contributed by atoms with Crippen LogP contribution in [0.5, 0.6) is 0 Å². The van der Waals surface area contributed by atoms with Crippen LogP contribution in [0, 0.1) is 5.92 Å². The van der Waals surface area contributed by atoms with Crippen LogP contribution in [-0.4, -0.2) is 66.0 Å². The molecule has 3 fully saturated rings. The minimum absolute atomic E-state index is 0.289. The van der Waals surface area contributed by atoms with Crippen molar-refractivity contribution in [2.75, 3.05) is 39.3 Å². The lowest BCUT2D eigenvalue weighted by Crippen LogP contribution is -2.54. The molecule has 4 heteroatoms. The number of carbonyl (C=O) groups excluding carboxylic acids is 1. The Morgan fingerprint density at radius 1 is 0.833 bits per heavy atom. The molecule has 2 aliphatic heterocycles. The van der Waals surface area contributed by atoms with E-state index in [1.165, 1.54) is 25.7 Å². The molecule has 0 aromatic rings. The van der Waals surface area contributed by atoms with Gasteiger partial charge in [0.25, 0.3) is 0 Å². The van der Waals surface area contributed by atoms with E-state index in [2.05, 4.69) is 21.6 Å². The lowest BCUT2D eigenvalue weighted by atomic mass is 9.99. The molecular formula is C14H25N3O. The van der Waals surface area contributed by atoms with Crippen molar-refractivity contribution in [3.8, 4) is 0 Å². The Hall–Kier alpha value is -0.770. The van der Waals surface area contributed by atoms with E-state index >= 15 is 0 Å². The maximum absolute atomic E-state index is 12.4. The van der Waals surface area contributed by atoms with Gasteiger partial charge in [-0.15, -0.1) is 0 Å². The van der Waals surface area contributed by atoms with Gasteiger partial charge in [-0.2, -0.15) is 0 Å². The van der Waals surface area contributed by atoms with Gasteiger partial charge in [0.1, 0.15) is 0 Å². The zero-order chi connectivity index (χ0) is 12.5. The van der Waals surface area contributed by atoms with Crippen LogP contribution in [0.15, 0.2) is 0 Å². The van der Waals surface area contributed by atoms with E-state index in [0.717, 1.165) is 51.2 Å². The van der Waals surface area contributed by atoms with Crippen molar-refractivity contribution in [2.24, 2.45) is 5.92 Å². The SMILES string of the molecule is CC1CCN(C(=O)N2CCN(C3CC3)CC2)CC1. The van der Waals surface area contributed by atoms with Crippen molar-refractivity contribution in [3.63, 3.8) is 0 Å². The third-order valence-corrected chi connectivity index (χ3v) is 4.70. The summed E-state index contributed by atoms with van der Waals surface area (Å²) < 4.78 is 0. The van der Waals surface area contributed by atoms with Gasteiger partial charge in [0.2, 0.25) is 0 Å². The first-order valence-electron chi connectivity index (χ1n) is 7.52. The van der Waals surface area contributed by atoms with Crippen molar-refractivity contribution in [1.29, 1.82) is 0 Å². The molecule has 0 aromatic carbocycles. The summed E-state index contributed by atoms with van der Waals surface area (Å²) in [4.78, 5) is 19.1. The highest BCUT2D eigenvalue weighted by atomic mass is 16.2. The topological polar surface area (TPSA) is 26.8 Å². The molecule has 2 saturated heterocycles. The van der Waals surface area contributed by atoms with Gasteiger partial charge in [-0.3, -0.25) is 4.90 Å². The van der Waals surface area contributed by atoms with Crippen LogP contribution in [0.2, 0.25) is 0 Å². The first-order chi connectivity index (χ1) is 8.74. The summed E-state index contributed by atoms with van der Waals surface area (Å²) in [5, 5.41) is 0. The van der Waals surface area contributed by atoms with Crippen LogP contribution in [-0.2, 0) is 0 Å². The fraction of sp³-hybridized carbons (Fsp3) is 0.929. The number of rotatable bonds is 1. The number of nitrogens with zero attached hydrogens (tertiary/aromatic N) is 3. The Morgan fingerprint density at radius 3 is 1.94 bits per heavy atom. The quantitative estimate of drug-likeness (QED) is 0.708. The molecule has 3 aliphatic rings. The minimum Gasteiger partial charge on any atom is -0.325 e. The number of urea groups is 1. The second-order valence-electron chi connectivity index (χ2n) is 6.21. The Bertz CT molecular complexity index is 300. The molecule has 0 unspecified atom stereocenters. The summed E-state index contributed by atoms with van der Waals surface area (Å²) in [5.41, 5.74) is 0. The van der Waals surface area contributed by atoms with Crippen LogP contribution in [0.4, 0.5) is 4.79 Å². The maximum atomic E-state index is 12.4. The van der Waals surface area contributed by atoms with Gasteiger partial charge in [0, 0.05) is 45.3 Å². The van der Waals surface area contributed by atoms with Crippen LogP contribution in [0.1, 0.15) is 32.6 Å². The fourth-order valence-electron chi connectivity index (χ4n) is 3.12. The smallest absolute Gasteiger partial charge is 0.320 e. The number of hydrogen-bond acceptors (Lipinski definition) is 2. The number of amides is 2. The molecule has 0 N–H and O–H groups in total. The monoisotopic (exact) mass is 251 g/mol. The van der Waals surface area contributed by atoms with E-state index < -0.39 is 0 Å². The van der Waals surface area contributed by atoms with E-state index in [1.54, 1.807) is 0 Å². The molecule has 102 valence electrons. The van der Waals surface area contributed by atoms with Crippen molar-refractivity contribution in [3.05, 3.63) is 0 Å². The third kappa shape index (κ3) is 2.63. The van der Waals surface area contributed by atoms with Gasteiger partial charge in [0.15, 0.2) is 0 Å². The summed E-state index contributed by atoms with van der Waals surface area (Å²) in [6.45, 7) is 8.24. The lowest BCUT2D eigenvalue weighted by Gasteiger charge is -2.39. The molecule has 0 bridgehead atoms. The highest BCUT2D eigenvalue weighted by Gasteiger charge is 2.33. The van der Waals surface area contributed by atoms with E-state index in [0.29, 0.717) is 0 Å². The summed E-state index contributed by atoms with van der Waals surface area (Å²) in [5.74, 6) is 0.792. The standard InChI is InChI=1S/C14H25N3O/c1-12-4-6-16(7-5-12)14(18)17-10-8-15(9-11-17)13-2-3-13/h12-13H,2-11H2,1H3. The average Bonchev–Trinajstić information content (AvgIpc) is 3.23.